The number of carbonyl (C=O) groups excluding carboxylic acids is 1. The molecular weight excluding hydrogens is 404 g/mol. The van der Waals surface area contributed by atoms with Crippen molar-refractivity contribution in [1.82, 2.24) is 4.57 Å². The quantitative estimate of drug-likeness (QED) is 0.651. The first-order valence-electron chi connectivity index (χ1n) is 8.69. The van der Waals surface area contributed by atoms with Gasteiger partial charge in [-0.3, -0.25) is 9.59 Å². The number of carbonyl (C=O) groups is 1. The molecule has 27 heavy (non-hydrogen) atoms. The van der Waals surface area contributed by atoms with E-state index in [0.29, 0.717) is 17.9 Å². The molecule has 0 aliphatic rings. The second-order valence-corrected chi connectivity index (χ2v) is 7.47. The molecule has 1 N–H and O–H groups in total. The topological polar surface area (TPSA) is 51.1 Å². The van der Waals surface area contributed by atoms with Gasteiger partial charge in [0.1, 0.15) is 5.56 Å². The van der Waals surface area contributed by atoms with Gasteiger partial charge in [-0.15, -0.1) is 0 Å². The number of nitrogens with one attached hydrogen (secondary N) is 1. The highest BCUT2D eigenvalue weighted by atomic mass is 79.9. The SMILES string of the molecule is Cc1ccc(Cn2c(C)cc(=O)c(C(=O)Nc3ccccc3Br)c2C)cc1. The molecule has 0 aliphatic heterocycles. The van der Waals surface area contributed by atoms with E-state index in [1.54, 1.807) is 6.07 Å². The molecule has 138 valence electrons. The highest BCUT2D eigenvalue weighted by Gasteiger charge is 2.18. The molecule has 0 unspecified atom stereocenters. The second kappa shape index (κ2) is 7.92. The van der Waals surface area contributed by atoms with E-state index in [1.165, 1.54) is 11.6 Å². The number of nitrogens with zero attached hydrogens (tertiary/aromatic N) is 1. The average molecular weight is 425 g/mol. The molecule has 0 aliphatic carbocycles. The smallest absolute Gasteiger partial charge is 0.261 e. The summed E-state index contributed by atoms with van der Waals surface area (Å²) in [4.78, 5) is 25.4. The van der Waals surface area contributed by atoms with Crippen LogP contribution in [0.3, 0.4) is 0 Å². The zero-order valence-electron chi connectivity index (χ0n) is 15.5. The van der Waals surface area contributed by atoms with Crippen LogP contribution in [0.25, 0.3) is 0 Å². The first kappa shape index (κ1) is 19.1. The summed E-state index contributed by atoms with van der Waals surface area (Å²) in [5.41, 5.74) is 4.33. The van der Waals surface area contributed by atoms with E-state index in [9.17, 15) is 9.59 Å². The van der Waals surface area contributed by atoms with Crippen molar-refractivity contribution in [2.75, 3.05) is 5.32 Å². The van der Waals surface area contributed by atoms with Crippen molar-refractivity contribution in [2.24, 2.45) is 0 Å². The molecule has 0 spiro atoms. The van der Waals surface area contributed by atoms with Crippen LogP contribution < -0.4 is 10.7 Å². The minimum Gasteiger partial charge on any atom is -0.344 e. The molecule has 1 heterocycles. The first-order valence-corrected chi connectivity index (χ1v) is 9.48. The fourth-order valence-electron chi connectivity index (χ4n) is 3.06. The van der Waals surface area contributed by atoms with Crippen molar-refractivity contribution < 1.29 is 4.79 Å². The Morgan fingerprint density at radius 1 is 1.04 bits per heavy atom. The number of halogens is 1. The summed E-state index contributed by atoms with van der Waals surface area (Å²) < 4.78 is 2.77. The lowest BCUT2D eigenvalue weighted by Crippen LogP contribution is -2.27. The molecule has 3 aromatic rings. The molecule has 1 aromatic heterocycles. The van der Waals surface area contributed by atoms with E-state index in [4.69, 9.17) is 0 Å². The van der Waals surface area contributed by atoms with Gasteiger partial charge in [0.25, 0.3) is 5.91 Å². The van der Waals surface area contributed by atoms with Gasteiger partial charge in [-0.25, -0.2) is 0 Å². The van der Waals surface area contributed by atoms with Crippen molar-refractivity contribution in [1.29, 1.82) is 0 Å². The van der Waals surface area contributed by atoms with Crippen LogP contribution in [0.4, 0.5) is 5.69 Å². The number of aryl methyl sites for hydroxylation is 2. The fraction of sp³-hybridized carbons (Fsp3) is 0.182. The van der Waals surface area contributed by atoms with Crippen molar-refractivity contribution >= 4 is 27.5 Å². The van der Waals surface area contributed by atoms with Crippen LogP contribution in [0.2, 0.25) is 0 Å². The molecule has 1 amide bonds. The summed E-state index contributed by atoms with van der Waals surface area (Å²) in [6.45, 7) is 6.35. The highest BCUT2D eigenvalue weighted by Crippen LogP contribution is 2.22. The van der Waals surface area contributed by atoms with Crippen LogP contribution in [0, 0.1) is 20.8 Å². The van der Waals surface area contributed by atoms with Gasteiger partial charge in [0.05, 0.1) is 5.69 Å². The Balaban J connectivity index is 1.98. The lowest BCUT2D eigenvalue weighted by molar-refractivity contribution is 0.102. The van der Waals surface area contributed by atoms with E-state index in [1.807, 2.05) is 43.5 Å². The summed E-state index contributed by atoms with van der Waals surface area (Å²) in [5, 5.41) is 2.83. The third-order valence-corrected chi connectivity index (χ3v) is 5.28. The molecule has 0 saturated carbocycles. The lowest BCUT2D eigenvalue weighted by atomic mass is 10.1. The van der Waals surface area contributed by atoms with Gasteiger partial charge in [0.15, 0.2) is 5.43 Å². The summed E-state index contributed by atoms with van der Waals surface area (Å²) >= 11 is 3.41. The van der Waals surface area contributed by atoms with Gasteiger partial charge in [-0.05, 0) is 54.4 Å². The lowest BCUT2D eigenvalue weighted by Gasteiger charge is -2.18. The van der Waals surface area contributed by atoms with Gasteiger partial charge < -0.3 is 9.88 Å². The number of anilines is 1. The summed E-state index contributed by atoms with van der Waals surface area (Å²) in [7, 11) is 0. The molecule has 4 nitrogen and oxygen atoms in total. The predicted molar refractivity (Wildman–Crippen MR) is 113 cm³/mol. The maximum Gasteiger partial charge on any atom is 0.261 e. The molecule has 0 atom stereocenters. The zero-order chi connectivity index (χ0) is 19.6. The number of hydrogen-bond acceptors (Lipinski definition) is 2. The van der Waals surface area contributed by atoms with Gasteiger partial charge >= 0.3 is 0 Å². The Morgan fingerprint density at radius 2 is 1.70 bits per heavy atom. The van der Waals surface area contributed by atoms with E-state index in [0.717, 1.165) is 15.7 Å². The summed E-state index contributed by atoms with van der Waals surface area (Å²) in [5.74, 6) is -0.401. The molecule has 0 saturated heterocycles. The van der Waals surface area contributed by atoms with E-state index >= 15 is 0 Å². The Bertz CT molecular complexity index is 1050. The van der Waals surface area contributed by atoms with Gasteiger partial charge in [-0.1, -0.05) is 42.0 Å². The zero-order valence-corrected chi connectivity index (χ0v) is 17.1. The number of para-hydroxylation sites is 1. The normalized spacial score (nSPS) is 10.7. The van der Waals surface area contributed by atoms with Gasteiger partial charge in [0.2, 0.25) is 0 Å². The number of hydrogen-bond donors (Lipinski definition) is 1. The van der Waals surface area contributed by atoms with Gasteiger partial charge in [0, 0.05) is 28.5 Å². The van der Waals surface area contributed by atoms with Gasteiger partial charge in [-0.2, -0.15) is 0 Å². The molecule has 5 heteroatoms. The summed E-state index contributed by atoms with van der Waals surface area (Å²) in [6, 6.07) is 17.1. The Labute approximate surface area is 167 Å². The minimum absolute atomic E-state index is 0.170. The predicted octanol–water partition coefficient (Wildman–Crippen LogP) is 4.84. The highest BCUT2D eigenvalue weighted by molar-refractivity contribution is 9.10. The number of aromatic nitrogens is 1. The van der Waals surface area contributed by atoms with E-state index in [2.05, 4.69) is 45.5 Å². The van der Waals surface area contributed by atoms with Crippen LogP contribution in [0.1, 0.15) is 32.9 Å². The number of pyridine rings is 1. The largest absolute Gasteiger partial charge is 0.344 e. The molecule has 2 aromatic carbocycles. The standard InChI is InChI=1S/C22H21BrN2O2/c1-14-8-10-17(11-9-14)13-25-15(2)12-20(26)21(16(25)3)22(27)24-19-7-5-4-6-18(19)23/h4-12H,13H2,1-3H3,(H,24,27). The minimum atomic E-state index is -0.401. The molecule has 3 rings (SSSR count). The molecule has 0 bridgehead atoms. The van der Waals surface area contributed by atoms with E-state index in [-0.39, 0.29) is 11.0 Å². The number of amides is 1. The van der Waals surface area contributed by atoms with Crippen molar-refractivity contribution in [3.8, 4) is 0 Å². The molecule has 0 radical (unpaired) electrons. The number of benzene rings is 2. The van der Waals surface area contributed by atoms with Crippen molar-refractivity contribution in [3.63, 3.8) is 0 Å². The molecule has 0 fully saturated rings. The van der Waals surface area contributed by atoms with Crippen LogP contribution in [-0.2, 0) is 6.54 Å². The third kappa shape index (κ3) is 4.19. The van der Waals surface area contributed by atoms with Crippen molar-refractivity contribution in [3.05, 3.63) is 97.4 Å². The average Bonchev–Trinajstić information content (AvgIpc) is 2.62. The monoisotopic (exact) mass is 424 g/mol. The van der Waals surface area contributed by atoms with E-state index < -0.39 is 5.91 Å². The second-order valence-electron chi connectivity index (χ2n) is 6.62. The maximum atomic E-state index is 12.8. The Kier molecular flexibility index (Phi) is 5.61. The van der Waals surface area contributed by atoms with Crippen LogP contribution in [0.15, 0.2) is 63.9 Å². The number of rotatable bonds is 4. The summed E-state index contributed by atoms with van der Waals surface area (Å²) in [6.07, 6.45) is 0. The van der Waals surface area contributed by atoms with Crippen LogP contribution >= 0.6 is 15.9 Å². The first-order chi connectivity index (χ1) is 12.9. The van der Waals surface area contributed by atoms with Crippen LogP contribution in [-0.4, -0.2) is 10.5 Å². The molecular formula is C22H21BrN2O2. The maximum absolute atomic E-state index is 12.8. The Morgan fingerprint density at radius 3 is 2.37 bits per heavy atom. The third-order valence-electron chi connectivity index (χ3n) is 4.59. The Hall–Kier alpha value is -2.66. The van der Waals surface area contributed by atoms with Crippen molar-refractivity contribution in [2.45, 2.75) is 27.3 Å². The van der Waals surface area contributed by atoms with Crippen LogP contribution in [0.5, 0.6) is 0 Å². The fourth-order valence-corrected chi connectivity index (χ4v) is 3.44.